The second kappa shape index (κ2) is 8.74. The van der Waals surface area contributed by atoms with E-state index in [1.807, 2.05) is 25.3 Å². The van der Waals surface area contributed by atoms with Crippen molar-refractivity contribution in [2.45, 2.75) is 20.0 Å². The van der Waals surface area contributed by atoms with Gasteiger partial charge in [0.1, 0.15) is 11.5 Å². The molecule has 1 aliphatic heterocycles. The summed E-state index contributed by atoms with van der Waals surface area (Å²) in [5, 5.41) is 0. The highest BCUT2D eigenvalue weighted by Crippen LogP contribution is 2.32. The maximum atomic E-state index is 14.4. The van der Waals surface area contributed by atoms with E-state index < -0.39 is 0 Å². The Bertz CT molecular complexity index is 1250. The maximum absolute atomic E-state index is 14.4. The second-order valence-electron chi connectivity index (χ2n) is 8.05. The normalized spacial score (nSPS) is 14.8. The maximum Gasteiger partial charge on any atom is 0.178 e. The third kappa shape index (κ3) is 4.00. The van der Waals surface area contributed by atoms with Gasteiger partial charge >= 0.3 is 0 Å². The Kier molecular flexibility index (Phi) is 5.65. The van der Waals surface area contributed by atoms with E-state index in [2.05, 4.69) is 30.9 Å². The Morgan fingerprint density at radius 1 is 1.12 bits per heavy atom. The number of pyridine rings is 2. The van der Waals surface area contributed by atoms with Gasteiger partial charge in [-0.3, -0.25) is 9.88 Å². The van der Waals surface area contributed by atoms with Crippen LogP contribution in [-0.4, -0.2) is 51.1 Å². The van der Waals surface area contributed by atoms with E-state index >= 15 is 0 Å². The molecule has 1 saturated heterocycles. The molecule has 0 saturated carbocycles. The van der Waals surface area contributed by atoms with Crippen molar-refractivity contribution in [1.82, 2.24) is 24.8 Å². The van der Waals surface area contributed by atoms with Gasteiger partial charge in [-0.15, -0.1) is 0 Å². The van der Waals surface area contributed by atoms with Crippen LogP contribution in [0.3, 0.4) is 0 Å². The molecule has 1 fully saturated rings. The zero-order valence-electron chi connectivity index (χ0n) is 17.9. The van der Waals surface area contributed by atoms with Crippen LogP contribution in [0.1, 0.15) is 16.7 Å². The average molecular weight is 433 g/mol. The Balaban J connectivity index is 1.47. The van der Waals surface area contributed by atoms with E-state index in [0.29, 0.717) is 17.0 Å². The van der Waals surface area contributed by atoms with Crippen LogP contribution in [0.5, 0.6) is 0 Å². The summed E-state index contributed by atoms with van der Waals surface area (Å²) in [6, 6.07) is 9.17. The zero-order valence-corrected chi connectivity index (χ0v) is 17.9. The summed E-state index contributed by atoms with van der Waals surface area (Å²) in [5.74, 6) is 0.322. The van der Waals surface area contributed by atoms with Gasteiger partial charge in [-0.2, -0.15) is 0 Å². The number of morpholine rings is 1. The molecule has 0 amide bonds. The van der Waals surface area contributed by atoms with E-state index in [-0.39, 0.29) is 12.4 Å². The minimum Gasteiger partial charge on any atom is -0.379 e. The standard InChI is InChI=1S/C24H25FN6O/c1-15-12-28-24-22(21(15)17-3-4-18(11-26)19(25)10-17)29-23(30-24)20-5-2-16(13-27-20)14-31-6-8-32-9-7-31/h2-5,10,12-13H,6-9,11,14,26H2,1H3,(H,28,29,30). The SMILES string of the molecule is Cc1cnc2nc(-c3ccc(CN4CCOCC4)cn3)[nH]c2c1-c1ccc(CN)c(F)c1. The number of ether oxygens (including phenoxy) is 1. The fourth-order valence-electron chi connectivity index (χ4n) is 4.09. The van der Waals surface area contributed by atoms with Crippen molar-refractivity contribution in [3.05, 3.63) is 65.2 Å². The van der Waals surface area contributed by atoms with Gasteiger partial charge in [-0.25, -0.2) is 14.4 Å². The quantitative estimate of drug-likeness (QED) is 0.502. The van der Waals surface area contributed by atoms with Crippen LogP contribution in [-0.2, 0) is 17.8 Å². The minimum atomic E-state index is -0.313. The van der Waals surface area contributed by atoms with E-state index in [1.165, 1.54) is 6.07 Å². The molecule has 164 valence electrons. The molecule has 4 aromatic rings. The summed E-state index contributed by atoms with van der Waals surface area (Å²) < 4.78 is 19.8. The molecule has 1 aliphatic rings. The topological polar surface area (TPSA) is 93.0 Å². The molecule has 0 atom stereocenters. The first-order valence-electron chi connectivity index (χ1n) is 10.7. The molecule has 3 aromatic heterocycles. The van der Waals surface area contributed by atoms with Crippen LogP contribution in [0.2, 0.25) is 0 Å². The first kappa shape index (κ1) is 20.7. The number of nitrogens with one attached hydrogen (secondary N) is 1. The van der Waals surface area contributed by atoms with Crippen LogP contribution >= 0.6 is 0 Å². The molecule has 8 heteroatoms. The van der Waals surface area contributed by atoms with Gasteiger partial charge in [0, 0.05) is 49.7 Å². The smallest absolute Gasteiger partial charge is 0.178 e. The first-order chi connectivity index (χ1) is 15.6. The fourth-order valence-corrected chi connectivity index (χ4v) is 4.09. The Morgan fingerprint density at radius 2 is 1.97 bits per heavy atom. The lowest BCUT2D eigenvalue weighted by atomic mass is 9.99. The van der Waals surface area contributed by atoms with Crippen LogP contribution in [0.4, 0.5) is 4.39 Å². The first-order valence-corrected chi connectivity index (χ1v) is 10.7. The van der Waals surface area contributed by atoms with Crippen molar-refractivity contribution < 1.29 is 9.13 Å². The van der Waals surface area contributed by atoms with Crippen LogP contribution < -0.4 is 5.73 Å². The highest BCUT2D eigenvalue weighted by molar-refractivity contribution is 5.93. The predicted octanol–water partition coefficient (Wildman–Crippen LogP) is 3.43. The number of nitrogens with zero attached hydrogens (tertiary/aromatic N) is 4. The van der Waals surface area contributed by atoms with Crippen LogP contribution in [0.25, 0.3) is 33.8 Å². The highest BCUT2D eigenvalue weighted by Gasteiger charge is 2.16. The van der Waals surface area contributed by atoms with Gasteiger partial charge in [0.25, 0.3) is 0 Å². The zero-order chi connectivity index (χ0) is 22.1. The van der Waals surface area contributed by atoms with Gasteiger partial charge in [0.2, 0.25) is 0 Å². The Morgan fingerprint density at radius 3 is 2.69 bits per heavy atom. The summed E-state index contributed by atoms with van der Waals surface area (Å²) in [6.07, 6.45) is 3.65. The number of halogens is 1. The number of aromatic nitrogens is 4. The molecule has 0 spiro atoms. The lowest BCUT2D eigenvalue weighted by Crippen LogP contribution is -2.35. The molecular weight excluding hydrogens is 407 g/mol. The van der Waals surface area contributed by atoms with Crippen molar-refractivity contribution in [2.75, 3.05) is 26.3 Å². The summed E-state index contributed by atoms with van der Waals surface area (Å²) in [5.41, 5.74) is 11.9. The molecule has 0 bridgehead atoms. The van der Waals surface area contributed by atoms with E-state index in [9.17, 15) is 4.39 Å². The molecule has 1 aromatic carbocycles. The van der Waals surface area contributed by atoms with Crippen molar-refractivity contribution in [3.8, 4) is 22.6 Å². The molecule has 0 unspecified atom stereocenters. The number of hydrogen-bond donors (Lipinski definition) is 2. The lowest BCUT2D eigenvalue weighted by molar-refractivity contribution is 0.0341. The summed E-state index contributed by atoms with van der Waals surface area (Å²) in [6.45, 7) is 6.40. The third-order valence-corrected chi connectivity index (χ3v) is 5.85. The van der Waals surface area contributed by atoms with Gasteiger partial charge in [0.05, 0.1) is 18.7 Å². The Labute approximate surface area is 185 Å². The summed E-state index contributed by atoms with van der Waals surface area (Å²) in [7, 11) is 0. The average Bonchev–Trinajstić information content (AvgIpc) is 3.24. The number of hydrogen-bond acceptors (Lipinski definition) is 6. The van der Waals surface area contributed by atoms with Crippen LogP contribution in [0.15, 0.2) is 42.7 Å². The molecule has 0 radical (unpaired) electrons. The highest BCUT2D eigenvalue weighted by atomic mass is 19.1. The second-order valence-corrected chi connectivity index (χ2v) is 8.05. The summed E-state index contributed by atoms with van der Waals surface area (Å²) in [4.78, 5) is 19.4. The largest absolute Gasteiger partial charge is 0.379 e. The van der Waals surface area contributed by atoms with Gasteiger partial charge < -0.3 is 15.5 Å². The molecule has 7 nitrogen and oxygen atoms in total. The lowest BCUT2D eigenvalue weighted by Gasteiger charge is -2.26. The van der Waals surface area contributed by atoms with Gasteiger partial charge in [-0.05, 0) is 35.7 Å². The number of aryl methyl sites for hydroxylation is 1. The van der Waals surface area contributed by atoms with Crippen molar-refractivity contribution >= 4 is 11.2 Å². The van der Waals surface area contributed by atoms with Crippen molar-refractivity contribution in [2.24, 2.45) is 5.73 Å². The molecular formula is C24H25FN6O. The van der Waals surface area contributed by atoms with E-state index in [1.54, 1.807) is 12.3 Å². The monoisotopic (exact) mass is 432 g/mol. The van der Waals surface area contributed by atoms with Gasteiger partial charge in [0.15, 0.2) is 11.5 Å². The number of benzene rings is 1. The number of rotatable bonds is 5. The summed E-state index contributed by atoms with van der Waals surface area (Å²) >= 11 is 0. The Hall–Kier alpha value is -3.20. The van der Waals surface area contributed by atoms with E-state index in [4.69, 9.17) is 10.5 Å². The molecule has 3 N–H and O–H groups in total. The predicted molar refractivity (Wildman–Crippen MR) is 121 cm³/mol. The number of fused-ring (bicyclic) bond motifs is 1. The number of nitrogens with two attached hydrogens (primary N) is 1. The van der Waals surface area contributed by atoms with Gasteiger partial charge in [-0.1, -0.05) is 18.2 Å². The van der Waals surface area contributed by atoms with Crippen molar-refractivity contribution in [3.63, 3.8) is 0 Å². The number of aromatic amines is 1. The van der Waals surface area contributed by atoms with E-state index in [0.717, 1.165) is 66.3 Å². The minimum absolute atomic E-state index is 0.165. The molecule has 4 heterocycles. The third-order valence-electron chi connectivity index (χ3n) is 5.85. The number of H-pyrrole nitrogens is 1. The molecule has 0 aliphatic carbocycles. The fraction of sp³-hybridized carbons (Fsp3) is 0.292. The van der Waals surface area contributed by atoms with Crippen molar-refractivity contribution in [1.29, 1.82) is 0 Å². The molecule has 32 heavy (non-hydrogen) atoms. The number of imidazole rings is 1. The molecule has 5 rings (SSSR count). The van der Waals surface area contributed by atoms with Crippen LogP contribution in [0, 0.1) is 12.7 Å².